The monoisotopic (exact) mass is 393 g/mol. The van der Waals surface area contributed by atoms with E-state index in [0.29, 0.717) is 44.9 Å². The number of carbonyl (C=O) groups is 1. The molecule has 1 saturated heterocycles. The molecule has 1 saturated carbocycles. The molecule has 28 heavy (non-hydrogen) atoms. The van der Waals surface area contributed by atoms with Crippen LogP contribution in [-0.2, 0) is 9.47 Å². The van der Waals surface area contributed by atoms with Crippen LogP contribution in [0.4, 0.5) is 4.79 Å². The number of nitrogens with one attached hydrogen (secondary N) is 2. The summed E-state index contributed by atoms with van der Waals surface area (Å²) in [5.41, 5.74) is 0. The molecule has 3 unspecified atom stereocenters. The number of furan rings is 1. The number of aryl methyl sites for hydroxylation is 1. The number of hydrogen-bond donors (Lipinski definition) is 2. The highest BCUT2D eigenvalue weighted by atomic mass is 16.5. The molecule has 0 bridgehead atoms. The number of rotatable bonds is 8. The number of urea groups is 1. The Bertz CT molecular complexity index is 600. The van der Waals surface area contributed by atoms with Crippen molar-refractivity contribution in [2.75, 3.05) is 46.0 Å². The summed E-state index contributed by atoms with van der Waals surface area (Å²) in [5.74, 6) is 2.38. The van der Waals surface area contributed by atoms with Crippen molar-refractivity contribution in [3.05, 3.63) is 23.7 Å². The van der Waals surface area contributed by atoms with Crippen LogP contribution in [0.3, 0.4) is 0 Å². The second-order valence-electron chi connectivity index (χ2n) is 7.92. The van der Waals surface area contributed by atoms with Crippen molar-refractivity contribution in [2.24, 2.45) is 5.92 Å². The van der Waals surface area contributed by atoms with Crippen LogP contribution in [-0.4, -0.2) is 63.0 Å². The molecule has 0 radical (unpaired) electrons. The Morgan fingerprint density at radius 3 is 2.75 bits per heavy atom. The SMILES string of the molecule is Cc1ccc(C(CNC(=O)NCCOC2CCCCC2C)N2CCOCC2)o1. The molecule has 2 fully saturated rings. The van der Waals surface area contributed by atoms with Gasteiger partial charge in [0.2, 0.25) is 0 Å². The number of amides is 2. The van der Waals surface area contributed by atoms with Gasteiger partial charge in [0.15, 0.2) is 0 Å². The standard InChI is InChI=1S/C21H35N3O4/c1-16-5-3-4-6-19(16)27-12-9-22-21(25)23-15-18(20-8-7-17(2)28-20)24-10-13-26-14-11-24/h7-8,16,18-19H,3-6,9-15H2,1-2H3,(H2,22,23,25). The molecule has 0 spiro atoms. The molecule has 1 aromatic heterocycles. The molecule has 2 amide bonds. The summed E-state index contributed by atoms with van der Waals surface area (Å²) >= 11 is 0. The van der Waals surface area contributed by atoms with Gasteiger partial charge in [-0.15, -0.1) is 0 Å². The molecule has 3 rings (SSSR count). The molecule has 2 heterocycles. The Labute approximate surface area is 168 Å². The minimum Gasteiger partial charge on any atom is -0.465 e. The van der Waals surface area contributed by atoms with Crippen LogP contribution in [0.5, 0.6) is 0 Å². The summed E-state index contributed by atoms with van der Waals surface area (Å²) in [5, 5.41) is 5.89. The zero-order valence-electron chi connectivity index (χ0n) is 17.2. The molecule has 7 heteroatoms. The Kier molecular flexibility index (Phi) is 8.18. The zero-order chi connectivity index (χ0) is 19.8. The number of hydrogen-bond acceptors (Lipinski definition) is 5. The van der Waals surface area contributed by atoms with E-state index in [-0.39, 0.29) is 12.1 Å². The lowest BCUT2D eigenvalue weighted by Gasteiger charge is -2.33. The van der Waals surface area contributed by atoms with Crippen molar-refractivity contribution >= 4 is 6.03 Å². The largest absolute Gasteiger partial charge is 0.465 e. The van der Waals surface area contributed by atoms with Crippen molar-refractivity contribution in [3.63, 3.8) is 0 Å². The topological polar surface area (TPSA) is 76.0 Å². The second kappa shape index (κ2) is 10.8. The number of carbonyl (C=O) groups excluding carboxylic acids is 1. The van der Waals surface area contributed by atoms with Gasteiger partial charge in [-0.2, -0.15) is 0 Å². The fraction of sp³-hybridized carbons (Fsp3) is 0.762. The summed E-state index contributed by atoms with van der Waals surface area (Å²) in [6.45, 7) is 8.86. The summed E-state index contributed by atoms with van der Waals surface area (Å²) in [6.07, 6.45) is 5.27. The first-order chi connectivity index (χ1) is 13.6. The summed E-state index contributed by atoms with van der Waals surface area (Å²) < 4.78 is 17.2. The van der Waals surface area contributed by atoms with Crippen LogP contribution in [0.2, 0.25) is 0 Å². The maximum Gasteiger partial charge on any atom is 0.314 e. The van der Waals surface area contributed by atoms with Gasteiger partial charge in [0.25, 0.3) is 0 Å². The van der Waals surface area contributed by atoms with Gasteiger partial charge >= 0.3 is 6.03 Å². The highest BCUT2D eigenvalue weighted by molar-refractivity contribution is 5.73. The van der Waals surface area contributed by atoms with Crippen molar-refractivity contribution in [1.29, 1.82) is 0 Å². The average molecular weight is 394 g/mol. The Balaban J connectivity index is 1.40. The van der Waals surface area contributed by atoms with Crippen molar-refractivity contribution in [1.82, 2.24) is 15.5 Å². The molecule has 2 aliphatic rings. The number of ether oxygens (including phenoxy) is 2. The number of nitrogens with zero attached hydrogens (tertiary/aromatic N) is 1. The summed E-state index contributed by atoms with van der Waals surface area (Å²) in [7, 11) is 0. The van der Waals surface area contributed by atoms with E-state index in [1.54, 1.807) is 0 Å². The van der Waals surface area contributed by atoms with Gasteiger partial charge in [-0.25, -0.2) is 4.79 Å². The average Bonchev–Trinajstić information content (AvgIpc) is 3.13. The molecule has 3 atom stereocenters. The molecule has 158 valence electrons. The third kappa shape index (κ3) is 6.22. The van der Waals surface area contributed by atoms with Gasteiger partial charge in [-0.3, -0.25) is 4.90 Å². The first-order valence-electron chi connectivity index (χ1n) is 10.6. The quantitative estimate of drug-likeness (QED) is 0.664. The lowest BCUT2D eigenvalue weighted by Crippen LogP contribution is -2.46. The molecule has 1 aromatic rings. The van der Waals surface area contributed by atoms with E-state index in [1.807, 2.05) is 19.1 Å². The van der Waals surface area contributed by atoms with E-state index in [9.17, 15) is 4.79 Å². The molecule has 7 nitrogen and oxygen atoms in total. The fourth-order valence-electron chi connectivity index (χ4n) is 4.09. The Hall–Kier alpha value is -1.57. The van der Waals surface area contributed by atoms with Gasteiger partial charge in [0, 0.05) is 26.2 Å². The highest BCUT2D eigenvalue weighted by Gasteiger charge is 2.26. The predicted molar refractivity (Wildman–Crippen MR) is 107 cm³/mol. The molecule has 2 N–H and O–H groups in total. The third-order valence-corrected chi connectivity index (χ3v) is 5.78. The van der Waals surface area contributed by atoms with Crippen LogP contribution < -0.4 is 10.6 Å². The van der Waals surface area contributed by atoms with E-state index < -0.39 is 0 Å². The normalized spacial score (nSPS) is 24.6. The Morgan fingerprint density at radius 2 is 2.04 bits per heavy atom. The highest BCUT2D eigenvalue weighted by Crippen LogP contribution is 2.26. The minimum atomic E-state index is -0.165. The first-order valence-corrected chi connectivity index (χ1v) is 10.6. The fourth-order valence-corrected chi connectivity index (χ4v) is 4.09. The third-order valence-electron chi connectivity index (χ3n) is 5.78. The maximum atomic E-state index is 12.2. The first kappa shape index (κ1) is 21.1. The van der Waals surface area contributed by atoms with Crippen LogP contribution in [0.25, 0.3) is 0 Å². The van der Waals surface area contributed by atoms with Gasteiger partial charge in [-0.1, -0.05) is 19.8 Å². The Morgan fingerprint density at radius 1 is 1.25 bits per heavy atom. The van der Waals surface area contributed by atoms with Crippen molar-refractivity contribution in [3.8, 4) is 0 Å². The van der Waals surface area contributed by atoms with E-state index in [1.165, 1.54) is 19.3 Å². The predicted octanol–water partition coefficient (Wildman–Crippen LogP) is 2.86. The maximum absolute atomic E-state index is 12.2. The van der Waals surface area contributed by atoms with Crippen molar-refractivity contribution in [2.45, 2.75) is 51.7 Å². The molecule has 1 aliphatic heterocycles. The lowest BCUT2D eigenvalue weighted by molar-refractivity contribution is -0.00253. The molecular formula is C21H35N3O4. The van der Waals surface area contributed by atoms with E-state index in [4.69, 9.17) is 13.9 Å². The summed E-state index contributed by atoms with van der Waals surface area (Å²) in [6, 6.07) is 3.81. The zero-order valence-corrected chi connectivity index (χ0v) is 17.2. The van der Waals surface area contributed by atoms with E-state index in [0.717, 1.165) is 31.0 Å². The molecule has 1 aliphatic carbocycles. The van der Waals surface area contributed by atoms with Gasteiger partial charge in [0.1, 0.15) is 11.5 Å². The van der Waals surface area contributed by atoms with Gasteiger partial charge < -0.3 is 24.5 Å². The van der Waals surface area contributed by atoms with E-state index in [2.05, 4.69) is 22.5 Å². The van der Waals surface area contributed by atoms with Crippen LogP contribution in [0.15, 0.2) is 16.5 Å². The molecular weight excluding hydrogens is 358 g/mol. The minimum absolute atomic E-state index is 0.0164. The van der Waals surface area contributed by atoms with Gasteiger partial charge in [0.05, 0.1) is 32.0 Å². The van der Waals surface area contributed by atoms with Gasteiger partial charge in [-0.05, 0) is 37.8 Å². The second-order valence-corrected chi connectivity index (χ2v) is 7.92. The molecule has 0 aromatic carbocycles. The summed E-state index contributed by atoms with van der Waals surface area (Å²) in [4.78, 5) is 14.5. The lowest BCUT2D eigenvalue weighted by atomic mass is 9.88. The smallest absolute Gasteiger partial charge is 0.314 e. The van der Waals surface area contributed by atoms with E-state index >= 15 is 0 Å². The number of morpholine rings is 1. The van der Waals surface area contributed by atoms with Crippen LogP contribution >= 0.6 is 0 Å². The van der Waals surface area contributed by atoms with Crippen LogP contribution in [0.1, 0.15) is 50.2 Å². The van der Waals surface area contributed by atoms with Crippen LogP contribution in [0, 0.1) is 12.8 Å². The van der Waals surface area contributed by atoms with Crippen molar-refractivity contribution < 1.29 is 18.7 Å².